The summed E-state index contributed by atoms with van der Waals surface area (Å²) in [6.45, 7) is 2.58. The summed E-state index contributed by atoms with van der Waals surface area (Å²) < 4.78 is 12.2. The number of hydrogen-bond donors (Lipinski definition) is 0. The van der Waals surface area contributed by atoms with Gasteiger partial charge < -0.3 is 13.8 Å². The molecule has 0 N–H and O–H groups in total. The molecule has 0 bridgehead atoms. The molecule has 0 fully saturated rings. The highest BCUT2D eigenvalue weighted by Crippen LogP contribution is 2.29. The fourth-order valence-electron chi connectivity index (χ4n) is 3.21. The summed E-state index contributed by atoms with van der Waals surface area (Å²) in [5, 5.41) is 14.8. The summed E-state index contributed by atoms with van der Waals surface area (Å²) in [5.41, 5.74) is 3.33. The third-order valence-corrected chi connectivity index (χ3v) is 4.76. The normalized spacial score (nSPS) is 10.8. The van der Waals surface area contributed by atoms with Crippen molar-refractivity contribution in [3.8, 4) is 17.4 Å². The molecule has 0 spiro atoms. The first kappa shape index (κ1) is 18.8. The second-order valence-electron chi connectivity index (χ2n) is 6.44. The Morgan fingerprint density at radius 1 is 1.28 bits per heavy atom. The second-order valence-corrected chi connectivity index (χ2v) is 6.88. The summed E-state index contributed by atoms with van der Waals surface area (Å²) in [5.74, 6) is -0.101. The van der Waals surface area contributed by atoms with Gasteiger partial charge in [-0.3, -0.25) is 0 Å². The molecule has 2 aromatic heterocycles. The zero-order valence-corrected chi connectivity index (χ0v) is 16.3. The van der Waals surface area contributed by atoms with Crippen LogP contribution in [-0.4, -0.2) is 22.3 Å². The molecule has 2 aromatic carbocycles. The number of aromatic nitrogens is 2. The van der Waals surface area contributed by atoms with Crippen LogP contribution in [0.25, 0.3) is 22.2 Å². The van der Waals surface area contributed by atoms with E-state index in [0.717, 1.165) is 22.0 Å². The van der Waals surface area contributed by atoms with Crippen molar-refractivity contribution >= 4 is 28.5 Å². The van der Waals surface area contributed by atoms with Crippen LogP contribution in [0.3, 0.4) is 0 Å². The van der Waals surface area contributed by atoms with Gasteiger partial charge in [0.2, 0.25) is 0 Å². The monoisotopic (exact) mass is 405 g/mol. The lowest BCUT2D eigenvalue weighted by Crippen LogP contribution is -2.04. The Labute approximate surface area is 171 Å². The van der Waals surface area contributed by atoms with E-state index in [4.69, 9.17) is 20.9 Å². The maximum atomic E-state index is 11.8. The predicted octanol–water partition coefficient (Wildman–Crippen LogP) is 5.05. The Bertz CT molecular complexity index is 1250. The molecule has 0 atom stereocenters. The standard InChI is InChI=1S/C22H16ClN3O3/c1-2-28-22(27)19-10-21(29-25-19)15-6-7-20-18(9-15)16(11-24)13-26(20)12-14-4-3-5-17(23)8-14/h3-10,13H,2,12H2,1H3. The van der Waals surface area contributed by atoms with Crippen LogP contribution in [0.4, 0.5) is 0 Å². The van der Waals surface area contributed by atoms with Crippen LogP contribution in [0.5, 0.6) is 0 Å². The molecule has 0 aliphatic heterocycles. The van der Waals surface area contributed by atoms with Crippen molar-refractivity contribution in [2.24, 2.45) is 0 Å². The summed E-state index contributed by atoms with van der Waals surface area (Å²) in [6, 6.07) is 17.0. The van der Waals surface area contributed by atoms with E-state index in [1.807, 2.05) is 53.2 Å². The van der Waals surface area contributed by atoms with Gasteiger partial charge in [-0.15, -0.1) is 0 Å². The van der Waals surface area contributed by atoms with Gasteiger partial charge >= 0.3 is 5.97 Å². The minimum atomic E-state index is -0.533. The summed E-state index contributed by atoms with van der Waals surface area (Å²) in [6.07, 6.45) is 1.82. The Morgan fingerprint density at radius 3 is 2.90 bits per heavy atom. The van der Waals surface area contributed by atoms with Crippen LogP contribution in [0.2, 0.25) is 5.02 Å². The quantitative estimate of drug-likeness (QED) is 0.434. The average molecular weight is 406 g/mol. The maximum Gasteiger partial charge on any atom is 0.360 e. The number of rotatable bonds is 5. The fraction of sp³-hybridized carbons (Fsp3) is 0.136. The third-order valence-electron chi connectivity index (χ3n) is 4.52. The van der Waals surface area contributed by atoms with Crippen LogP contribution in [-0.2, 0) is 11.3 Å². The van der Waals surface area contributed by atoms with Crippen LogP contribution in [0.15, 0.2) is 59.3 Å². The maximum absolute atomic E-state index is 11.8. The van der Waals surface area contributed by atoms with Crippen molar-refractivity contribution in [2.75, 3.05) is 6.61 Å². The largest absolute Gasteiger partial charge is 0.461 e. The van der Waals surface area contributed by atoms with E-state index in [2.05, 4.69) is 11.2 Å². The number of fused-ring (bicyclic) bond motifs is 1. The van der Waals surface area contributed by atoms with Gasteiger partial charge in [0.25, 0.3) is 0 Å². The molecule has 29 heavy (non-hydrogen) atoms. The summed E-state index contributed by atoms with van der Waals surface area (Å²) >= 11 is 6.08. The highest BCUT2D eigenvalue weighted by Gasteiger charge is 2.16. The van der Waals surface area contributed by atoms with Crippen molar-refractivity contribution in [2.45, 2.75) is 13.5 Å². The van der Waals surface area contributed by atoms with Gasteiger partial charge in [-0.25, -0.2) is 4.79 Å². The second kappa shape index (κ2) is 7.82. The minimum Gasteiger partial charge on any atom is -0.461 e. The smallest absolute Gasteiger partial charge is 0.360 e. The minimum absolute atomic E-state index is 0.112. The number of nitriles is 1. The first-order chi connectivity index (χ1) is 14.1. The first-order valence-electron chi connectivity index (χ1n) is 9.00. The number of carbonyl (C=O) groups excluding carboxylic acids is 1. The van der Waals surface area contributed by atoms with Crippen molar-refractivity contribution in [3.63, 3.8) is 0 Å². The molecule has 0 saturated carbocycles. The van der Waals surface area contributed by atoms with Crippen LogP contribution in [0, 0.1) is 11.3 Å². The zero-order chi connectivity index (χ0) is 20.4. The van der Waals surface area contributed by atoms with E-state index in [1.54, 1.807) is 6.92 Å². The molecular formula is C22H16ClN3O3. The Balaban J connectivity index is 1.71. The summed E-state index contributed by atoms with van der Waals surface area (Å²) in [4.78, 5) is 11.8. The van der Waals surface area contributed by atoms with Crippen molar-refractivity contribution < 1.29 is 14.1 Å². The Kier molecular flexibility index (Phi) is 5.07. The summed E-state index contributed by atoms with van der Waals surface area (Å²) in [7, 11) is 0. The van der Waals surface area contributed by atoms with Crippen LogP contribution < -0.4 is 0 Å². The number of esters is 1. The molecule has 0 radical (unpaired) electrons. The topological polar surface area (TPSA) is 81.0 Å². The van der Waals surface area contributed by atoms with Crippen LogP contribution in [0.1, 0.15) is 28.5 Å². The SMILES string of the molecule is CCOC(=O)c1cc(-c2ccc3c(c2)c(C#N)cn3Cc2cccc(Cl)c2)on1. The molecule has 144 valence electrons. The average Bonchev–Trinajstić information content (AvgIpc) is 3.33. The van der Waals surface area contributed by atoms with E-state index < -0.39 is 5.97 Å². The lowest BCUT2D eigenvalue weighted by molar-refractivity contribution is 0.0514. The molecule has 0 aliphatic carbocycles. The lowest BCUT2D eigenvalue weighted by atomic mass is 10.1. The van der Waals surface area contributed by atoms with E-state index in [0.29, 0.717) is 22.9 Å². The lowest BCUT2D eigenvalue weighted by Gasteiger charge is -2.06. The third kappa shape index (κ3) is 3.73. The van der Waals surface area contributed by atoms with Gasteiger partial charge in [-0.2, -0.15) is 5.26 Å². The van der Waals surface area contributed by atoms with Gasteiger partial charge in [0.15, 0.2) is 11.5 Å². The Morgan fingerprint density at radius 2 is 2.14 bits per heavy atom. The highest BCUT2D eigenvalue weighted by atomic mass is 35.5. The molecule has 0 unspecified atom stereocenters. The molecule has 0 aliphatic rings. The number of halogens is 1. The van der Waals surface area contributed by atoms with E-state index in [-0.39, 0.29) is 12.3 Å². The molecule has 7 heteroatoms. The predicted molar refractivity (Wildman–Crippen MR) is 109 cm³/mol. The van der Waals surface area contributed by atoms with E-state index in [9.17, 15) is 10.1 Å². The molecule has 4 aromatic rings. The molecule has 0 amide bonds. The van der Waals surface area contributed by atoms with Gasteiger partial charge in [-0.05, 0) is 42.8 Å². The zero-order valence-electron chi connectivity index (χ0n) is 15.6. The van der Waals surface area contributed by atoms with Crippen molar-refractivity contribution in [1.82, 2.24) is 9.72 Å². The van der Waals surface area contributed by atoms with Gasteiger partial charge in [-0.1, -0.05) is 28.9 Å². The number of nitrogens with zero attached hydrogens (tertiary/aromatic N) is 3. The number of benzene rings is 2. The van der Waals surface area contributed by atoms with E-state index >= 15 is 0 Å². The number of carbonyl (C=O) groups is 1. The highest BCUT2D eigenvalue weighted by molar-refractivity contribution is 6.30. The van der Waals surface area contributed by atoms with Crippen molar-refractivity contribution in [3.05, 3.63) is 76.6 Å². The molecule has 0 saturated heterocycles. The molecule has 4 rings (SSSR count). The first-order valence-corrected chi connectivity index (χ1v) is 9.38. The van der Waals surface area contributed by atoms with E-state index in [1.165, 1.54) is 6.07 Å². The fourth-order valence-corrected chi connectivity index (χ4v) is 3.43. The Hall–Kier alpha value is -3.56. The molecule has 2 heterocycles. The molecular weight excluding hydrogens is 390 g/mol. The number of ether oxygens (including phenoxy) is 1. The van der Waals surface area contributed by atoms with Gasteiger partial charge in [0, 0.05) is 40.3 Å². The van der Waals surface area contributed by atoms with Crippen LogP contribution >= 0.6 is 11.6 Å². The molecule has 6 nitrogen and oxygen atoms in total. The number of hydrogen-bond acceptors (Lipinski definition) is 5. The van der Waals surface area contributed by atoms with Gasteiger partial charge in [0.05, 0.1) is 12.2 Å². The van der Waals surface area contributed by atoms with Crippen molar-refractivity contribution in [1.29, 1.82) is 5.26 Å². The van der Waals surface area contributed by atoms with Gasteiger partial charge in [0.1, 0.15) is 6.07 Å².